The van der Waals surface area contributed by atoms with Crippen LogP contribution in [0.2, 0.25) is 0 Å². The fraction of sp³-hybridized carbons (Fsp3) is 0.333. The molecule has 0 N–H and O–H groups in total. The number of nitrogens with zero attached hydrogens (tertiary/aromatic N) is 2. The van der Waals surface area contributed by atoms with Crippen molar-refractivity contribution in [2.24, 2.45) is 4.99 Å². The molecular formula is C6H8N2. The third kappa shape index (κ3) is 3.10. The molecule has 0 aromatic heterocycles. The highest BCUT2D eigenvalue weighted by Gasteiger charge is 1.81. The van der Waals surface area contributed by atoms with Crippen molar-refractivity contribution >= 4 is 5.71 Å². The van der Waals surface area contributed by atoms with Crippen molar-refractivity contribution < 1.29 is 0 Å². The summed E-state index contributed by atoms with van der Waals surface area (Å²) in [5, 5.41) is 8.13. The van der Waals surface area contributed by atoms with Crippen LogP contribution >= 0.6 is 0 Å². The Labute approximate surface area is 49.2 Å². The van der Waals surface area contributed by atoms with E-state index < -0.39 is 0 Å². The summed E-state index contributed by atoms with van der Waals surface area (Å²) in [6.45, 7) is 7.01. The molecular weight excluding hydrogens is 100 g/mol. The monoisotopic (exact) mass is 108 g/mol. The van der Waals surface area contributed by atoms with Gasteiger partial charge in [-0.2, -0.15) is 5.26 Å². The minimum absolute atomic E-state index is 0.269. The molecule has 0 aromatic rings. The maximum Gasteiger partial charge on any atom is 0.133 e. The highest BCUT2D eigenvalue weighted by Crippen LogP contribution is 1.88. The van der Waals surface area contributed by atoms with Crippen molar-refractivity contribution in [2.45, 2.75) is 13.8 Å². The summed E-state index contributed by atoms with van der Waals surface area (Å²) in [7, 11) is 0. The standard InChI is InChI=1S/C6H8N2/c1-5(2)8-6(3)4-7/h3H2,1-2H3. The van der Waals surface area contributed by atoms with Gasteiger partial charge < -0.3 is 0 Å². The van der Waals surface area contributed by atoms with E-state index in [1.54, 1.807) is 0 Å². The lowest BCUT2D eigenvalue weighted by molar-refractivity contribution is 1.37. The van der Waals surface area contributed by atoms with Crippen LogP contribution < -0.4 is 0 Å². The third-order valence-corrected chi connectivity index (χ3v) is 0.488. The molecule has 0 atom stereocenters. The Hall–Kier alpha value is -1.10. The Morgan fingerprint density at radius 3 is 2.25 bits per heavy atom. The first-order valence-electron chi connectivity index (χ1n) is 2.27. The molecule has 2 nitrogen and oxygen atoms in total. The van der Waals surface area contributed by atoms with Crippen molar-refractivity contribution in [2.75, 3.05) is 0 Å². The molecule has 2 heteroatoms. The molecule has 0 spiro atoms. The van der Waals surface area contributed by atoms with Crippen molar-refractivity contribution in [1.29, 1.82) is 5.26 Å². The first kappa shape index (κ1) is 6.90. The molecule has 8 heavy (non-hydrogen) atoms. The second-order valence-electron chi connectivity index (χ2n) is 1.62. The topological polar surface area (TPSA) is 36.1 Å². The van der Waals surface area contributed by atoms with Gasteiger partial charge in [-0.25, -0.2) is 4.99 Å². The Bertz CT molecular complexity index is 156. The van der Waals surface area contributed by atoms with Crippen LogP contribution in [0.25, 0.3) is 0 Å². The van der Waals surface area contributed by atoms with Crippen LogP contribution in [0.15, 0.2) is 17.3 Å². The predicted octanol–water partition coefficient (Wildman–Crippen LogP) is 1.50. The van der Waals surface area contributed by atoms with Crippen LogP contribution in [0.5, 0.6) is 0 Å². The van der Waals surface area contributed by atoms with Crippen molar-refractivity contribution in [1.82, 2.24) is 0 Å². The predicted molar refractivity (Wildman–Crippen MR) is 33.5 cm³/mol. The van der Waals surface area contributed by atoms with Crippen LogP contribution in [0.1, 0.15) is 13.8 Å². The summed E-state index contributed by atoms with van der Waals surface area (Å²) >= 11 is 0. The average Bonchev–Trinajstić information content (AvgIpc) is 1.65. The van der Waals surface area contributed by atoms with Gasteiger partial charge in [-0.05, 0) is 13.8 Å². The minimum atomic E-state index is 0.269. The van der Waals surface area contributed by atoms with Gasteiger partial charge >= 0.3 is 0 Å². The van der Waals surface area contributed by atoms with Crippen LogP contribution in [-0.4, -0.2) is 5.71 Å². The van der Waals surface area contributed by atoms with E-state index in [2.05, 4.69) is 11.6 Å². The zero-order chi connectivity index (χ0) is 6.57. The van der Waals surface area contributed by atoms with E-state index in [1.807, 2.05) is 19.9 Å². The lowest BCUT2D eigenvalue weighted by Crippen LogP contribution is -1.79. The maximum atomic E-state index is 8.13. The van der Waals surface area contributed by atoms with Gasteiger partial charge in [0, 0.05) is 5.71 Å². The minimum Gasteiger partial charge on any atom is -0.248 e. The normalized spacial score (nSPS) is 7.12. The number of aliphatic imine (C=N–C) groups is 1. The van der Waals surface area contributed by atoms with Crippen molar-refractivity contribution in [3.05, 3.63) is 12.3 Å². The van der Waals surface area contributed by atoms with Gasteiger partial charge in [0.15, 0.2) is 0 Å². The quantitative estimate of drug-likeness (QED) is 0.370. The molecule has 0 bridgehead atoms. The summed E-state index contributed by atoms with van der Waals surface area (Å²) in [4.78, 5) is 3.76. The molecule has 0 aliphatic carbocycles. The summed E-state index contributed by atoms with van der Waals surface area (Å²) in [5.41, 5.74) is 1.13. The maximum absolute atomic E-state index is 8.13. The van der Waals surface area contributed by atoms with Crippen LogP contribution in [0.4, 0.5) is 0 Å². The molecule has 0 amide bonds. The van der Waals surface area contributed by atoms with Gasteiger partial charge in [0.2, 0.25) is 0 Å². The van der Waals surface area contributed by atoms with Crippen LogP contribution in [0.3, 0.4) is 0 Å². The highest BCUT2D eigenvalue weighted by atomic mass is 14.7. The van der Waals surface area contributed by atoms with Crippen molar-refractivity contribution in [3.8, 4) is 6.07 Å². The van der Waals surface area contributed by atoms with Gasteiger partial charge in [-0.15, -0.1) is 0 Å². The van der Waals surface area contributed by atoms with Gasteiger partial charge in [0.1, 0.15) is 11.8 Å². The lowest BCUT2D eigenvalue weighted by Gasteiger charge is -1.83. The molecule has 42 valence electrons. The number of nitriles is 1. The average molecular weight is 108 g/mol. The highest BCUT2D eigenvalue weighted by molar-refractivity contribution is 5.80. The molecule has 0 saturated heterocycles. The molecule has 0 aliphatic rings. The second kappa shape index (κ2) is 2.98. The first-order chi connectivity index (χ1) is 3.66. The molecule has 0 rings (SSSR count). The van der Waals surface area contributed by atoms with Gasteiger partial charge in [-0.1, -0.05) is 6.58 Å². The Morgan fingerprint density at radius 2 is 2.12 bits per heavy atom. The Balaban J connectivity index is 3.95. The fourth-order valence-electron chi connectivity index (χ4n) is 0.295. The smallest absolute Gasteiger partial charge is 0.133 e. The Morgan fingerprint density at radius 1 is 1.62 bits per heavy atom. The zero-order valence-corrected chi connectivity index (χ0v) is 5.10. The number of hydrogen-bond donors (Lipinski definition) is 0. The summed E-state index contributed by atoms with van der Waals surface area (Å²) in [6, 6.07) is 1.81. The fourth-order valence-corrected chi connectivity index (χ4v) is 0.295. The number of hydrogen-bond acceptors (Lipinski definition) is 2. The van der Waals surface area contributed by atoms with Crippen LogP contribution in [-0.2, 0) is 0 Å². The van der Waals surface area contributed by atoms with Gasteiger partial charge in [-0.3, -0.25) is 0 Å². The largest absolute Gasteiger partial charge is 0.248 e. The van der Waals surface area contributed by atoms with Gasteiger partial charge in [0.05, 0.1) is 0 Å². The van der Waals surface area contributed by atoms with Gasteiger partial charge in [0.25, 0.3) is 0 Å². The van der Waals surface area contributed by atoms with E-state index in [0.29, 0.717) is 0 Å². The molecule has 0 saturated carbocycles. The molecule has 0 aliphatic heterocycles. The summed E-state index contributed by atoms with van der Waals surface area (Å²) in [5.74, 6) is 0. The summed E-state index contributed by atoms with van der Waals surface area (Å²) in [6.07, 6.45) is 0. The Kier molecular flexibility index (Phi) is 2.57. The molecule has 0 radical (unpaired) electrons. The van der Waals surface area contributed by atoms with E-state index in [9.17, 15) is 0 Å². The van der Waals surface area contributed by atoms with E-state index in [0.717, 1.165) is 5.71 Å². The number of allylic oxidation sites excluding steroid dienone is 1. The molecule has 0 heterocycles. The lowest BCUT2D eigenvalue weighted by atomic mass is 10.4. The van der Waals surface area contributed by atoms with Crippen molar-refractivity contribution in [3.63, 3.8) is 0 Å². The molecule has 0 aromatic carbocycles. The first-order valence-corrected chi connectivity index (χ1v) is 2.27. The van der Waals surface area contributed by atoms with E-state index >= 15 is 0 Å². The van der Waals surface area contributed by atoms with E-state index in [4.69, 9.17) is 5.26 Å². The van der Waals surface area contributed by atoms with E-state index in [1.165, 1.54) is 0 Å². The zero-order valence-electron chi connectivity index (χ0n) is 5.10. The SMILES string of the molecule is C=C(C#N)N=C(C)C. The van der Waals surface area contributed by atoms with E-state index in [-0.39, 0.29) is 5.70 Å². The molecule has 0 unspecified atom stereocenters. The summed E-state index contributed by atoms with van der Waals surface area (Å²) < 4.78 is 0. The second-order valence-corrected chi connectivity index (χ2v) is 1.62. The molecule has 0 fully saturated rings. The number of rotatable bonds is 1. The van der Waals surface area contributed by atoms with Crippen LogP contribution in [0, 0.1) is 11.3 Å². The third-order valence-electron chi connectivity index (χ3n) is 0.488.